The van der Waals surface area contributed by atoms with E-state index in [-0.39, 0.29) is 11.9 Å². The molecule has 3 nitrogen and oxygen atoms in total. The zero-order valence-corrected chi connectivity index (χ0v) is 16.2. The van der Waals surface area contributed by atoms with Gasteiger partial charge in [0.15, 0.2) is 0 Å². The Morgan fingerprint density at radius 1 is 1.24 bits per heavy atom. The smallest absolute Gasteiger partial charge is 0.220 e. The number of para-hydroxylation sites is 1. The molecule has 0 spiro atoms. The molecule has 0 radical (unpaired) electrons. The monoisotopic (exact) mass is 374 g/mol. The molecule has 4 rings (SSSR count). The number of nitrogens with one attached hydrogen (secondary N) is 2. The molecule has 5 heteroatoms. The molecule has 2 aromatic rings. The topological polar surface area (TPSA) is 44.9 Å². The minimum Gasteiger partial charge on any atom is -0.356 e. The van der Waals surface area contributed by atoms with E-state index in [9.17, 15) is 4.79 Å². The summed E-state index contributed by atoms with van der Waals surface area (Å²) in [5.74, 6) is 1.51. The van der Waals surface area contributed by atoms with Gasteiger partial charge in [-0.3, -0.25) is 4.79 Å². The van der Waals surface area contributed by atoms with E-state index in [4.69, 9.17) is 0 Å². The fraction of sp³-hybridized carbons (Fsp3) is 0.550. The van der Waals surface area contributed by atoms with E-state index in [1.807, 2.05) is 21.6 Å². The fourth-order valence-corrected chi connectivity index (χ4v) is 7.08. The van der Waals surface area contributed by atoms with Gasteiger partial charge in [-0.25, -0.2) is 0 Å². The molecule has 2 aliphatic rings. The van der Waals surface area contributed by atoms with Crippen LogP contribution in [-0.2, 0) is 11.2 Å². The lowest BCUT2D eigenvalue weighted by Crippen LogP contribution is -2.30. The van der Waals surface area contributed by atoms with Gasteiger partial charge in [0.25, 0.3) is 0 Å². The summed E-state index contributed by atoms with van der Waals surface area (Å²) < 4.78 is 0. The predicted octanol–water partition coefficient (Wildman–Crippen LogP) is 5.38. The van der Waals surface area contributed by atoms with Crippen LogP contribution in [0.1, 0.15) is 62.2 Å². The van der Waals surface area contributed by atoms with Gasteiger partial charge in [-0.2, -0.15) is 0 Å². The molecule has 1 aliphatic carbocycles. The molecule has 1 saturated heterocycles. The number of carbonyl (C=O) groups excluding carboxylic acids is 1. The summed E-state index contributed by atoms with van der Waals surface area (Å²) in [7, 11) is 4.03. The molecule has 25 heavy (non-hydrogen) atoms. The first-order valence-electron chi connectivity index (χ1n) is 9.48. The normalized spacial score (nSPS) is 22.9. The lowest BCUT2D eigenvalue weighted by atomic mass is 9.91. The van der Waals surface area contributed by atoms with Crippen LogP contribution >= 0.6 is 21.6 Å². The van der Waals surface area contributed by atoms with Gasteiger partial charge >= 0.3 is 0 Å². The van der Waals surface area contributed by atoms with Gasteiger partial charge < -0.3 is 10.3 Å². The molecular formula is C20H26N2OS2. The Kier molecular flexibility index (Phi) is 5.61. The average molecular weight is 375 g/mol. The zero-order valence-electron chi connectivity index (χ0n) is 14.6. The first kappa shape index (κ1) is 17.3. The molecule has 1 aliphatic heterocycles. The number of hydrogen-bond acceptors (Lipinski definition) is 3. The van der Waals surface area contributed by atoms with Crippen LogP contribution in [0.4, 0.5) is 0 Å². The summed E-state index contributed by atoms with van der Waals surface area (Å²) in [6.45, 7) is 0. The Hall–Kier alpha value is -1.07. The molecule has 2 atom stereocenters. The number of H-pyrrole nitrogens is 1. The highest BCUT2D eigenvalue weighted by molar-refractivity contribution is 8.77. The lowest BCUT2D eigenvalue weighted by Gasteiger charge is -2.24. The van der Waals surface area contributed by atoms with Crippen LogP contribution in [0.15, 0.2) is 24.3 Å². The molecule has 2 heterocycles. The van der Waals surface area contributed by atoms with Gasteiger partial charge in [-0.15, -0.1) is 0 Å². The van der Waals surface area contributed by atoms with Crippen molar-refractivity contribution in [3.63, 3.8) is 0 Å². The largest absolute Gasteiger partial charge is 0.356 e. The van der Waals surface area contributed by atoms with E-state index >= 15 is 0 Å². The second-order valence-electron chi connectivity index (χ2n) is 7.15. The predicted molar refractivity (Wildman–Crippen MR) is 109 cm³/mol. The summed E-state index contributed by atoms with van der Waals surface area (Å²) in [6.07, 6.45) is 8.76. The number of hydrogen-bond donors (Lipinski definition) is 2. The zero-order chi connectivity index (χ0) is 17.1. The Bertz CT molecular complexity index is 736. The van der Waals surface area contributed by atoms with Crippen molar-refractivity contribution in [2.24, 2.45) is 0 Å². The fourth-order valence-electron chi connectivity index (χ4n) is 4.05. The number of aromatic nitrogens is 1. The van der Waals surface area contributed by atoms with Crippen molar-refractivity contribution in [2.45, 2.75) is 62.7 Å². The highest BCUT2D eigenvalue weighted by atomic mass is 33.1. The summed E-state index contributed by atoms with van der Waals surface area (Å²) in [4.78, 5) is 16.0. The number of aromatic amines is 1. The third-order valence-corrected chi connectivity index (χ3v) is 8.36. The molecule has 1 aromatic carbocycles. The lowest BCUT2D eigenvalue weighted by molar-refractivity contribution is -0.122. The van der Waals surface area contributed by atoms with Gasteiger partial charge in [0.05, 0.1) is 6.04 Å². The van der Waals surface area contributed by atoms with Crippen LogP contribution in [0.5, 0.6) is 0 Å². The highest BCUT2D eigenvalue weighted by Gasteiger charge is 2.25. The molecule has 0 saturated carbocycles. The third-order valence-electron chi connectivity index (χ3n) is 5.36. The van der Waals surface area contributed by atoms with E-state index in [0.717, 1.165) is 30.9 Å². The molecule has 134 valence electrons. The van der Waals surface area contributed by atoms with E-state index < -0.39 is 0 Å². The van der Waals surface area contributed by atoms with Crippen LogP contribution in [0.25, 0.3) is 10.9 Å². The summed E-state index contributed by atoms with van der Waals surface area (Å²) in [6, 6.07) is 8.64. The van der Waals surface area contributed by atoms with Crippen LogP contribution < -0.4 is 5.32 Å². The number of benzene rings is 1. The van der Waals surface area contributed by atoms with Crippen LogP contribution in [0, 0.1) is 0 Å². The maximum Gasteiger partial charge on any atom is 0.220 e. The van der Waals surface area contributed by atoms with Gasteiger partial charge in [0.1, 0.15) is 0 Å². The summed E-state index contributed by atoms with van der Waals surface area (Å²) in [5, 5.41) is 5.43. The molecule has 1 aromatic heterocycles. The van der Waals surface area contributed by atoms with Gasteiger partial charge in [0.2, 0.25) is 5.91 Å². The second-order valence-corrected chi connectivity index (χ2v) is 9.94. The highest BCUT2D eigenvalue weighted by Crippen LogP contribution is 2.40. The number of carbonyl (C=O) groups is 1. The van der Waals surface area contributed by atoms with Crippen LogP contribution in [-0.4, -0.2) is 21.9 Å². The molecule has 1 amide bonds. The van der Waals surface area contributed by atoms with Crippen molar-refractivity contribution in [1.82, 2.24) is 10.3 Å². The van der Waals surface area contributed by atoms with E-state index in [1.165, 1.54) is 47.2 Å². The summed E-state index contributed by atoms with van der Waals surface area (Å²) >= 11 is 0. The van der Waals surface area contributed by atoms with Crippen LogP contribution in [0.3, 0.4) is 0 Å². The second kappa shape index (κ2) is 8.09. The van der Waals surface area contributed by atoms with Gasteiger partial charge in [0, 0.05) is 34.0 Å². The SMILES string of the molecule is O=C(CCCCC1CCSS1)NC1CCCc2c1[nH]c1ccccc21. The Balaban J connectivity index is 1.31. The molecular weight excluding hydrogens is 348 g/mol. The van der Waals surface area contributed by atoms with Crippen molar-refractivity contribution in [2.75, 3.05) is 5.75 Å². The van der Waals surface area contributed by atoms with E-state index in [0.29, 0.717) is 6.42 Å². The quantitative estimate of drug-likeness (QED) is 0.527. The number of aryl methyl sites for hydroxylation is 1. The minimum absolute atomic E-state index is 0.158. The Labute approximate surface area is 157 Å². The molecule has 0 bridgehead atoms. The van der Waals surface area contributed by atoms with Crippen molar-refractivity contribution in [1.29, 1.82) is 0 Å². The first-order valence-corrected chi connectivity index (χ1v) is 11.9. The Morgan fingerprint density at radius 2 is 2.16 bits per heavy atom. The number of amides is 1. The maximum atomic E-state index is 12.4. The number of fused-ring (bicyclic) bond motifs is 3. The average Bonchev–Trinajstić information content (AvgIpc) is 3.27. The Morgan fingerprint density at radius 3 is 3.04 bits per heavy atom. The molecule has 2 N–H and O–H groups in total. The van der Waals surface area contributed by atoms with Gasteiger partial charge in [-0.1, -0.05) is 46.2 Å². The van der Waals surface area contributed by atoms with Crippen LogP contribution in [0.2, 0.25) is 0 Å². The van der Waals surface area contributed by atoms with Crippen molar-refractivity contribution < 1.29 is 4.79 Å². The number of rotatable bonds is 6. The van der Waals surface area contributed by atoms with Crippen molar-refractivity contribution >= 4 is 38.4 Å². The standard InChI is InChI=1S/C20H26N2OS2/c23-19(11-4-1-6-14-12-13-24-25-14)21-18-10-5-8-16-15-7-2-3-9-17(15)22-20(16)18/h2-3,7,9,14,18,22H,1,4-6,8,10-13H2,(H,21,23). The van der Waals surface area contributed by atoms with E-state index in [2.05, 4.69) is 34.6 Å². The van der Waals surface area contributed by atoms with Crippen molar-refractivity contribution in [3.8, 4) is 0 Å². The van der Waals surface area contributed by atoms with Gasteiger partial charge in [-0.05, 0) is 50.2 Å². The summed E-state index contributed by atoms with van der Waals surface area (Å²) in [5.41, 5.74) is 3.84. The number of unbranched alkanes of at least 4 members (excludes halogenated alkanes) is 1. The maximum absolute atomic E-state index is 12.4. The molecule has 2 unspecified atom stereocenters. The molecule has 1 fully saturated rings. The third kappa shape index (κ3) is 4.03. The van der Waals surface area contributed by atoms with E-state index in [1.54, 1.807) is 0 Å². The first-order chi connectivity index (χ1) is 12.3. The minimum atomic E-state index is 0.158. The van der Waals surface area contributed by atoms with Crippen molar-refractivity contribution in [3.05, 3.63) is 35.5 Å².